The molecule has 150 valence electrons. The first kappa shape index (κ1) is 22.0. The molecule has 0 spiro atoms. The van der Waals surface area contributed by atoms with Crippen LogP contribution in [0.3, 0.4) is 0 Å². The number of hydrazone groups is 1. The number of thioether (sulfide) groups is 1. The van der Waals surface area contributed by atoms with Gasteiger partial charge in [0.25, 0.3) is 11.8 Å². The van der Waals surface area contributed by atoms with Gasteiger partial charge in [-0.1, -0.05) is 6.07 Å². The molecule has 0 aliphatic heterocycles. The fraction of sp³-hybridized carbons (Fsp3) is 0.278. The fourth-order valence-corrected chi connectivity index (χ4v) is 3.22. The number of alkyl halides is 3. The summed E-state index contributed by atoms with van der Waals surface area (Å²) in [6.45, 7) is 0. The summed E-state index contributed by atoms with van der Waals surface area (Å²) in [7, 11) is 0. The number of amides is 2. The Labute approximate surface area is 168 Å². The minimum Gasteiger partial charge on any atom is -0.340 e. The van der Waals surface area contributed by atoms with Crippen molar-refractivity contribution >= 4 is 41.1 Å². The zero-order chi connectivity index (χ0) is 20.6. The van der Waals surface area contributed by atoms with E-state index >= 15 is 0 Å². The van der Waals surface area contributed by atoms with Crippen molar-refractivity contribution in [2.24, 2.45) is 5.10 Å². The van der Waals surface area contributed by atoms with Gasteiger partial charge in [0, 0.05) is 10.4 Å². The minimum absolute atomic E-state index is 0.0389. The number of hydrogen-bond acceptors (Lipinski definition) is 5. The Balaban J connectivity index is 2.01. The largest absolute Gasteiger partial charge is 0.416 e. The third-order valence-corrected chi connectivity index (χ3v) is 5.07. The molecule has 2 aromatic rings. The van der Waals surface area contributed by atoms with Gasteiger partial charge in [0.2, 0.25) is 0 Å². The van der Waals surface area contributed by atoms with Crippen LogP contribution in [-0.2, 0) is 11.0 Å². The molecule has 1 aromatic heterocycles. The minimum atomic E-state index is -4.48. The molecule has 1 aromatic carbocycles. The first-order valence-electron chi connectivity index (χ1n) is 8.14. The topological polar surface area (TPSA) is 70.6 Å². The van der Waals surface area contributed by atoms with Gasteiger partial charge in [-0.05, 0) is 54.1 Å². The van der Waals surface area contributed by atoms with Crippen LogP contribution in [0.25, 0.3) is 0 Å². The van der Waals surface area contributed by atoms with Crippen molar-refractivity contribution in [1.82, 2.24) is 10.7 Å². The maximum atomic E-state index is 12.6. The van der Waals surface area contributed by atoms with Crippen LogP contribution in [0, 0.1) is 0 Å². The molecular weight excluding hydrogens is 411 g/mol. The molecule has 1 atom stereocenters. The van der Waals surface area contributed by atoms with Crippen LogP contribution >= 0.6 is 23.1 Å². The van der Waals surface area contributed by atoms with E-state index in [-0.39, 0.29) is 5.56 Å². The van der Waals surface area contributed by atoms with Crippen molar-refractivity contribution in [2.75, 3.05) is 12.0 Å². The molecular formula is C18H18F3N3O2S2. The standard InChI is InChI=1S/C18H18F3N3O2S2/c1-27-10-8-15(17(26)24-22-11-14-3-2-9-28-14)23-16(25)12-4-6-13(7-5-12)18(19,20)21/h2-7,9,11,15H,8,10H2,1H3,(H,23,25)(H,24,26)/b22-11+. The van der Waals surface area contributed by atoms with Crippen LogP contribution in [0.2, 0.25) is 0 Å². The van der Waals surface area contributed by atoms with Crippen molar-refractivity contribution in [3.63, 3.8) is 0 Å². The van der Waals surface area contributed by atoms with E-state index < -0.39 is 29.6 Å². The Morgan fingerprint density at radius 3 is 2.54 bits per heavy atom. The zero-order valence-electron chi connectivity index (χ0n) is 14.8. The van der Waals surface area contributed by atoms with Crippen molar-refractivity contribution in [3.05, 3.63) is 57.8 Å². The quantitative estimate of drug-likeness (QED) is 0.496. The number of rotatable bonds is 8. The fourth-order valence-electron chi connectivity index (χ4n) is 2.16. The Kier molecular flexibility index (Phi) is 8.06. The smallest absolute Gasteiger partial charge is 0.340 e. The Bertz CT molecular complexity index is 806. The predicted octanol–water partition coefficient (Wildman–Crippen LogP) is 3.77. The molecule has 2 rings (SSSR count). The van der Waals surface area contributed by atoms with E-state index in [1.54, 1.807) is 0 Å². The van der Waals surface area contributed by atoms with Crippen LogP contribution in [0.1, 0.15) is 27.2 Å². The maximum Gasteiger partial charge on any atom is 0.416 e. The van der Waals surface area contributed by atoms with Crippen LogP contribution in [0.15, 0.2) is 46.9 Å². The van der Waals surface area contributed by atoms with E-state index in [9.17, 15) is 22.8 Å². The lowest BCUT2D eigenvalue weighted by Gasteiger charge is -2.17. The van der Waals surface area contributed by atoms with E-state index in [0.29, 0.717) is 12.2 Å². The maximum absolute atomic E-state index is 12.6. The number of hydrogen-bond donors (Lipinski definition) is 2. The second-order valence-electron chi connectivity index (χ2n) is 5.63. The van der Waals surface area contributed by atoms with E-state index in [1.165, 1.54) is 29.3 Å². The molecule has 0 radical (unpaired) electrons. The van der Waals surface area contributed by atoms with Gasteiger partial charge in [-0.15, -0.1) is 11.3 Å². The second kappa shape index (κ2) is 10.3. The molecule has 1 unspecified atom stereocenters. The molecule has 0 aliphatic rings. The predicted molar refractivity (Wildman–Crippen MR) is 106 cm³/mol. The van der Waals surface area contributed by atoms with Gasteiger partial charge in [0.15, 0.2) is 0 Å². The number of thiophene rings is 1. The molecule has 0 fully saturated rings. The summed E-state index contributed by atoms with van der Waals surface area (Å²) >= 11 is 2.96. The van der Waals surface area contributed by atoms with Gasteiger partial charge in [0.05, 0.1) is 11.8 Å². The molecule has 0 saturated carbocycles. The van der Waals surface area contributed by atoms with Gasteiger partial charge < -0.3 is 5.32 Å². The number of nitrogens with one attached hydrogen (secondary N) is 2. The summed E-state index contributed by atoms with van der Waals surface area (Å²) in [5.74, 6) is -0.514. The molecule has 2 N–H and O–H groups in total. The lowest BCUT2D eigenvalue weighted by Crippen LogP contribution is -2.45. The third kappa shape index (κ3) is 6.68. The molecule has 10 heteroatoms. The molecule has 0 saturated heterocycles. The summed E-state index contributed by atoms with van der Waals surface area (Å²) in [6.07, 6.45) is -0.766. The van der Waals surface area contributed by atoms with Gasteiger partial charge in [-0.2, -0.15) is 30.0 Å². The van der Waals surface area contributed by atoms with Crippen LogP contribution in [0.4, 0.5) is 13.2 Å². The van der Waals surface area contributed by atoms with E-state index in [4.69, 9.17) is 0 Å². The van der Waals surface area contributed by atoms with Crippen LogP contribution in [0.5, 0.6) is 0 Å². The SMILES string of the molecule is CSCCC(NC(=O)c1ccc(C(F)(F)F)cc1)C(=O)N/N=C/c1cccs1. The van der Waals surface area contributed by atoms with Gasteiger partial charge in [-0.25, -0.2) is 5.43 Å². The Hall–Kier alpha value is -2.33. The molecule has 0 aliphatic carbocycles. The van der Waals surface area contributed by atoms with Gasteiger partial charge in [-0.3, -0.25) is 9.59 Å². The molecule has 5 nitrogen and oxygen atoms in total. The monoisotopic (exact) mass is 429 g/mol. The van der Waals surface area contributed by atoms with E-state index in [1.807, 2.05) is 23.8 Å². The Morgan fingerprint density at radius 2 is 1.96 bits per heavy atom. The van der Waals surface area contributed by atoms with E-state index in [0.717, 1.165) is 29.1 Å². The highest BCUT2D eigenvalue weighted by atomic mass is 32.2. The summed E-state index contributed by atoms with van der Waals surface area (Å²) in [6, 6.07) is 6.64. The highest BCUT2D eigenvalue weighted by Gasteiger charge is 2.30. The zero-order valence-corrected chi connectivity index (χ0v) is 16.5. The normalized spacial score (nSPS) is 12.7. The number of carbonyl (C=O) groups is 2. The highest BCUT2D eigenvalue weighted by molar-refractivity contribution is 7.98. The summed E-state index contributed by atoms with van der Waals surface area (Å²) in [4.78, 5) is 25.5. The molecule has 0 bridgehead atoms. The van der Waals surface area contributed by atoms with Crippen molar-refractivity contribution in [2.45, 2.75) is 18.6 Å². The van der Waals surface area contributed by atoms with Crippen molar-refractivity contribution in [1.29, 1.82) is 0 Å². The molecule has 1 heterocycles. The highest BCUT2D eigenvalue weighted by Crippen LogP contribution is 2.29. The van der Waals surface area contributed by atoms with Crippen LogP contribution < -0.4 is 10.7 Å². The average molecular weight is 429 g/mol. The third-order valence-electron chi connectivity index (χ3n) is 3.62. The summed E-state index contributed by atoms with van der Waals surface area (Å²) < 4.78 is 37.9. The first-order chi connectivity index (χ1) is 13.3. The summed E-state index contributed by atoms with van der Waals surface area (Å²) in [5, 5.41) is 8.29. The molecule has 2 amide bonds. The second-order valence-corrected chi connectivity index (χ2v) is 7.60. The van der Waals surface area contributed by atoms with Crippen LogP contribution in [-0.4, -0.2) is 36.1 Å². The average Bonchev–Trinajstić information content (AvgIpc) is 3.17. The molecule has 28 heavy (non-hydrogen) atoms. The van der Waals surface area contributed by atoms with Gasteiger partial charge >= 0.3 is 6.18 Å². The van der Waals surface area contributed by atoms with Crippen molar-refractivity contribution in [3.8, 4) is 0 Å². The van der Waals surface area contributed by atoms with Crippen molar-refractivity contribution < 1.29 is 22.8 Å². The lowest BCUT2D eigenvalue weighted by molar-refractivity contribution is -0.137. The lowest BCUT2D eigenvalue weighted by atomic mass is 10.1. The Morgan fingerprint density at radius 1 is 1.25 bits per heavy atom. The van der Waals surface area contributed by atoms with Gasteiger partial charge in [0.1, 0.15) is 6.04 Å². The number of benzene rings is 1. The number of carbonyl (C=O) groups excluding carboxylic acids is 2. The van der Waals surface area contributed by atoms with E-state index in [2.05, 4.69) is 15.8 Å². The number of halogens is 3. The number of nitrogens with zero attached hydrogens (tertiary/aromatic N) is 1. The summed E-state index contributed by atoms with van der Waals surface area (Å²) in [5.41, 5.74) is 1.58. The first-order valence-corrected chi connectivity index (χ1v) is 10.4.